The lowest BCUT2D eigenvalue weighted by molar-refractivity contribution is 0.0959. The lowest BCUT2D eigenvalue weighted by atomic mass is 10.1. The highest BCUT2D eigenvalue weighted by Gasteiger charge is 2.14. The van der Waals surface area contributed by atoms with Gasteiger partial charge in [-0.05, 0) is 11.2 Å². The highest BCUT2D eigenvalue weighted by atomic mass is 16.3. The Kier molecular flexibility index (Phi) is 4.18. The molecule has 0 saturated carbocycles. The first kappa shape index (κ1) is 11.9. The Balaban J connectivity index is 3.08. The smallest absolute Gasteiger partial charge is 0.254 e. The minimum Gasteiger partial charge on any atom is -0.392 e. The SMILES string of the molecule is C#CCNC(=O)c1cccc(CO)c1N=O. The Labute approximate surface area is 92.5 Å². The van der Waals surface area contributed by atoms with Gasteiger partial charge in [0.05, 0.1) is 18.7 Å². The van der Waals surface area contributed by atoms with Crippen LogP contribution >= 0.6 is 0 Å². The number of nitrogens with zero attached hydrogens (tertiary/aromatic N) is 1. The van der Waals surface area contributed by atoms with Crippen LogP contribution in [0.25, 0.3) is 0 Å². The Morgan fingerprint density at radius 3 is 2.88 bits per heavy atom. The van der Waals surface area contributed by atoms with Gasteiger partial charge in [0, 0.05) is 5.56 Å². The van der Waals surface area contributed by atoms with E-state index in [1.54, 1.807) is 6.07 Å². The molecule has 0 bridgehead atoms. The molecular formula is C11H10N2O3. The summed E-state index contributed by atoms with van der Waals surface area (Å²) in [5, 5.41) is 14.1. The number of aliphatic hydroxyl groups is 1. The monoisotopic (exact) mass is 218 g/mol. The molecule has 5 heteroatoms. The van der Waals surface area contributed by atoms with E-state index in [-0.39, 0.29) is 24.4 Å². The third kappa shape index (κ3) is 2.43. The fraction of sp³-hybridized carbons (Fsp3) is 0.182. The zero-order valence-corrected chi connectivity index (χ0v) is 8.43. The van der Waals surface area contributed by atoms with Crippen LogP contribution in [0.4, 0.5) is 5.69 Å². The summed E-state index contributed by atoms with van der Waals surface area (Å²) in [6, 6.07) is 4.53. The average molecular weight is 218 g/mol. The van der Waals surface area contributed by atoms with Crippen LogP contribution in [0.1, 0.15) is 15.9 Å². The van der Waals surface area contributed by atoms with E-state index in [4.69, 9.17) is 11.5 Å². The van der Waals surface area contributed by atoms with E-state index < -0.39 is 5.91 Å². The van der Waals surface area contributed by atoms with Crippen LogP contribution in [-0.4, -0.2) is 17.6 Å². The number of carbonyl (C=O) groups excluding carboxylic acids is 1. The molecule has 1 aromatic rings. The second-order valence-corrected chi connectivity index (χ2v) is 2.95. The maximum absolute atomic E-state index is 11.6. The van der Waals surface area contributed by atoms with Gasteiger partial charge < -0.3 is 10.4 Å². The molecule has 1 aromatic carbocycles. The van der Waals surface area contributed by atoms with Gasteiger partial charge in [0.15, 0.2) is 0 Å². The maximum Gasteiger partial charge on any atom is 0.254 e. The van der Waals surface area contributed by atoms with E-state index in [9.17, 15) is 9.70 Å². The molecule has 0 radical (unpaired) electrons. The molecule has 0 aliphatic rings. The Morgan fingerprint density at radius 1 is 1.56 bits per heavy atom. The molecule has 82 valence electrons. The first-order valence-electron chi connectivity index (χ1n) is 4.52. The summed E-state index contributed by atoms with van der Waals surface area (Å²) < 4.78 is 0. The van der Waals surface area contributed by atoms with Gasteiger partial charge in [-0.3, -0.25) is 4.79 Å². The van der Waals surface area contributed by atoms with Gasteiger partial charge in [-0.1, -0.05) is 18.1 Å². The molecule has 0 aliphatic carbocycles. The highest BCUT2D eigenvalue weighted by Crippen LogP contribution is 2.24. The predicted octanol–water partition coefficient (Wildman–Crippen LogP) is 0.940. The molecule has 1 amide bonds. The minimum atomic E-state index is -0.483. The third-order valence-corrected chi connectivity index (χ3v) is 1.98. The number of terminal acetylenes is 1. The van der Waals surface area contributed by atoms with E-state index in [0.717, 1.165) is 0 Å². The standard InChI is InChI=1S/C11H10N2O3/c1-2-6-12-11(15)9-5-3-4-8(7-14)10(9)13-16/h1,3-5,14H,6-7H2,(H,12,15). The minimum absolute atomic E-state index is 0.0560. The summed E-state index contributed by atoms with van der Waals surface area (Å²) >= 11 is 0. The number of amides is 1. The summed E-state index contributed by atoms with van der Waals surface area (Å²) in [4.78, 5) is 22.2. The second kappa shape index (κ2) is 5.63. The fourth-order valence-corrected chi connectivity index (χ4v) is 1.24. The molecule has 0 aliphatic heterocycles. The molecule has 0 heterocycles. The Morgan fingerprint density at radius 2 is 2.31 bits per heavy atom. The molecule has 16 heavy (non-hydrogen) atoms. The van der Waals surface area contributed by atoms with Crippen LogP contribution in [-0.2, 0) is 6.61 Å². The second-order valence-electron chi connectivity index (χ2n) is 2.95. The van der Waals surface area contributed by atoms with Gasteiger partial charge in [-0.2, -0.15) is 0 Å². The molecule has 0 unspecified atom stereocenters. The lowest BCUT2D eigenvalue weighted by Gasteiger charge is -2.06. The molecule has 2 N–H and O–H groups in total. The van der Waals surface area contributed by atoms with Gasteiger partial charge in [0.2, 0.25) is 0 Å². The average Bonchev–Trinajstić information content (AvgIpc) is 2.34. The quantitative estimate of drug-likeness (QED) is 0.583. The molecule has 0 aromatic heterocycles. The van der Waals surface area contributed by atoms with Gasteiger partial charge >= 0.3 is 0 Å². The van der Waals surface area contributed by atoms with Crippen molar-refractivity contribution in [1.82, 2.24) is 5.32 Å². The van der Waals surface area contributed by atoms with Crippen molar-refractivity contribution in [1.29, 1.82) is 0 Å². The number of hydrogen-bond acceptors (Lipinski definition) is 4. The number of hydrogen-bond donors (Lipinski definition) is 2. The van der Waals surface area contributed by atoms with Gasteiger partial charge in [-0.15, -0.1) is 11.3 Å². The molecule has 1 rings (SSSR count). The van der Waals surface area contributed by atoms with E-state index in [2.05, 4.69) is 16.4 Å². The van der Waals surface area contributed by atoms with Crippen LogP contribution in [0.3, 0.4) is 0 Å². The molecule has 0 saturated heterocycles. The Bertz CT molecular complexity index is 449. The zero-order valence-electron chi connectivity index (χ0n) is 8.43. The van der Waals surface area contributed by atoms with Crippen LogP contribution < -0.4 is 5.32 Å². The van der Waals surface area contributed by atoms with Crippen molar-refractivity contribution in [2.24, 2.45) is 5.18 Å². The predicted molar refractivity (Wildman–Crippen MR) is 59.0 cm³/mol. The van der Waals surface area contributed by atoms with E-state index in [0.29, 0.717) is 5.56 Å². The van der Waals surface area contributed by atoms with E-state index >= 15 is 0 Å². The molecule has 0 fully saturated rings. The summed E-state index contributed by atoms with van der Waals surface area (Å²) in [7, 11) is 0. The number of benzene rings is 1. The summed E-state index contributed by atoms with van der Waals surface area (Å²) in [5.41, 5.74) is 0.361. The first-order chi connectivity index (χ1) is 7.74. The van der Waals surface area contributed by atoms with Gasteiger partial charge in [0.25, 0.3) is 5.91 Å². The number of rotatable bonds is 4. The summed E-state index contributed by atoms with van der Waals surface area (Å²) in [6.07, 6.45) is 4.99. The topological polar surface area (TPSA) is 78.8 Å². The Hall–Kier alpha value is -2.19. The fourth-order valence-electron chi connectivity index (χ4n) is 1.24. The van der Waals surface area contributed by atoms with Crippen molar-refractivity contribution in [3.05, 3.63) is 34.2 Å². The third-order valence-electron chi connectivity index (χ3n) is 1.98. The maximum atomic E-state index is 11.6. The first-order valence-corrected chi connectivity index (χ1v) is 4.52. The van der Waals surface area contributed by atoms with Crippen LogP contribution in [0.5, 0.6) is 0 Å². The van der Waals surface area contributed by atoms with Crippen molar-refractivity contribution < 1.29 is 9.90 Å². The van der Waals surface area contributed by atoms with E-state index in [1.807, 2.05) is 0 Å². The summed E-state index contributed by atoms with van der Waals surface area (Å²) in [6.45, 7) is -0.280. The molecule has 0 atom stereocenters. The van der Waals surface area contributed by atoms with Crippen LogP contribution in [0.15, 0.2) is 23.4 Å². The molecular weight excluding hydrogens is 208 g/mol. The van der Waals surface area contributed by atoms with Crippen LogP contribution in [0.2, 0.25) is 0 Å². The molecule has 5 nitrogen and oxygen atoms in total. The number of aliphatic hydroxyl groups excluding tert-OH is 1. The number of nitrogens with one attached hydrogen (secondary N) is 1. The van der Waals surface area contributed by atoms with Crippen molar-refractivity contribution in [2.45, 2.75) is 6.61 Å². The summed E-state index contributed by atoms with van der Waals surface area (Å²) in [5.74, 6) is 1.76. The van der Waals surface area contributed by atoms with Gasteiger partial charge in [0.1, 0.15) is 5.69 Å². The number of nitroso groups, excluding NO2 is 1. The zero-order chi connectivity index (χ0) is 12.0. The highest BCUT2D eigenvalue weighted by molar-refractivity contribution is 5.99. The normalized spacial score (nSPS) is 9.25. The van der Waals surface area contributed by atoms with E-state index in [1.165, 1.54) is 12.1 Å². The van der Waals surface area contributed by atoms with Crippen molar-refractivity contribution in [2.75, 3.05) is 6.54 Å². The molecule has 0 spiro atoms. The van der Waals surface area contributed by atoms with Crippen LogP contribution in [0, 0.1) is 17.3 Å². The number of carbonyl (C=O) groups is 1. The van der Waals surface area contributed by atoms with Gasteiger partial charge in [-0.25, -0.2) is 0 Å². The largest absolute Gasteiger partial charge is 0.392 e. The lowest BCUT2D eigenvalue weighted by Crippen LogP contribution is -2.23. The van der Waals surface area contributed by atoms with Crippen molar-refractivity contribution in [3.63, 3.8) is 0 Å². The van der Waals surface area contributed by atoms with Crippen molar-refractivity contribution in [3.8, 4) is 12.3 Å². The van der Waals surface area contributed by atoms with Crippen molar-refractivity contribution >= 4 is 11.6 Å².